The van der Waals surface area contributed by atoms with E-state index >= 15 is 0 Å². The van der Waals surface area contributed by atoms with E-state index in [1.54, 1.807) is 164 Å². The summed E-state index contributed by atoms with van der Waals surface area (Å²) in [6, 6.07) is 33.8. The molecule has 25 heteroatoms. The molecule has 17 nitrogen and oxygen atoms in total. The zero-order valence-electron chi connectivity index (χ0n) is 46.7. The van der Waals surface area contributed by atoms with Crippen LogP contribution in [0, 0.1) is 5.41 Å². The minimum Gasteiger partial charge on any atom is -0.697 e. The van der Waals surface area contributed by atoms with Gasteiger partial charge in [0.1, 0.15) is 28.5 Å². The summed E-state index contributed by atoms with van der Waals surface area (Å²) in [5, 5.41) is 13.7. The molecule has 2 N–H and O–H groups in total. The number of thiophene rings is 1. The van der Waals surface area contributed by atoms with Crippen LogP contribution in [0.2, 0.25) is 0 Å². The number of aromatic nitrogens is 9. The molecule has 0 aromatic carbocycles. The Hall–Kier alpha value is -10.3. The fourth-order valence-electron chi connectivity index (χ4n) is 8.19. The number of hydrogen-bond acceptors (Lipinski definition) is 16. The van der Waals surface area contributed by atoms with Gasteiger partial charge < -0.3 is 30.1 Å². The van der Waals surface area contributed by atoms with Crippen LogP contribution < -0.4 is 5.10 Å². The summed E-state index contributed by atoms with van der Waals surface area (Å²) in [5.74, 6) is 0.702. The van der Waals surface area contributed by atoms with Gasteiger partial charge in [0.2, 0.25) is 0 Å². The average molecular weight is 1320 g/mol. The summed E-state index contributed by atoms with van der Waals surface area (Å²) >= 11 is 1.59. The van der Waals surface area contributed by atoms with Crippen molar-refractivity contribution in [3.05, 3.63) is 225 Å². The van der Waals surface area contributed by atoms with Crippen molar-refractivity contribution in [2.45, 2.75) is 51.4 Å². The van der Waals surface area contributed by atoms with E-state index in [4.69, 9.17) is 30.3 Å². The van der Waals surface area contributed by atoms with E-state index in [1.165, 1.54) is 23.4 Å². The van der Waals surface area contributed by atoms with Crippen molar-refractivity contribution in [1.82, 2.24) is 45.1 Å². The van der Waals surface area contributed by atoms with Gasteiger partial charge in [-0.3, -0.25) is 49.7 Å². The van der Waals surface area contributed by atoms with E-state index in [2.05, 4.69) is 47.0 Å². The molecule has 0 fully saturated rings. The van der Waals surface area contributed by atoms with Gasteiger partial charge in [0.15, 0.2) is 17.3 Å². The molecule has 0 radical (unpaired) electrons. The Balaban J connectivity index is 0.000000264. The minimum absolute atomic E-state index is 0. The summed E-state index contributed by atoms with van der Waals surface area (Å²) in [4.78, 5) is 67.2. The van der Waals surface area contributed by atoms with Crippen LogP contribution in [0.25, 0.3) is 93.3 Å². The third-order valence-corrected chi connectivity index (χ3v) is 13.4. The molecule has 9 heterocycles. The van der Waals surface area contributed by atoms with Crippen LogP contribution in [0.1, 0.15) is 93.1 Å². The Bertz CT molecular complexity index is 3920. The van der Waals surface area contributed by atoms with Crippen LogP contribution in [0.3, 0.4) is 0 Å². The Morgan fingerprint density at radius 3 is 1.55 bits per heavy atom. The van der Waals surface area contributed by atoms with Crippen LogP contribution in [-0.2, 0) is 60.7 Å². The predicted molar refractivity (Wildman–Crippen MR) is 321 cm³/mol. The first-order chi connectivity index (χ1) is 42.5. The molecular formula is C64H49F6N11O6RuS. The predicted octanol–water partition coefficient (Wildman–Crippen LogP) is 14.9. The number of unbranched alkanes of at least 4 members (excludes halogenated alkanes) is 3. The molecule has 0 atom stereocenters. The van der Waals surface area contributed by atoms with Crippen molar-refractivity contribution in [2.24, 2.45) is 0 Å². The van der Waals surface area contributed by atoms with Crippen molar-refractivity contribution in [3.63, 3.8) is 0 Å². The number of alkyl halides is 6. The molecule has 0 unspecified atom stereocenters. The fraction of sp³-hybridized carbons (Fsp3) is 0.125. The molecule has 0 aliphatic rings. The van der Waals surface area contributed by atoms with Crippen LogP contribution in [-0.4, -0.2) is 71.3 Å². The van der Waals surface area contributed by atoms with Crippen molar-refractivity contribution in [1.29, 1.82) is 5.41 Å². The van der Waals surface area contributed by atoms with Crippen LogP contribution in [0.5, 0.6) is 0 Å². The molecule has 0 aliphatic carbocycles. The summed E-state index contributed by atoms with van der Waals surface area (Å²) in [5.41, 5.74) is 9.24. The van der Waals surface area contributed by atoms with Gasteiger partial charge in [-0.25, -0.2) is 4.98 Å². The molecule has 0 aliphatic heterocycles. The van der Waals surface area contributed by atoms with Crippen LogP contribution in [0.15, 0.2) is 158 Å². The largest absolute Gasteiger partial charge is 2.00 e. The Kier molecular flexibility index (Phi) is 23.8. The van der Waals surface area contributed by atoms with E-state index in [-0.39, 0.29) is 53.8 Å². The van der Waals surface area contributed by atoms with Gasteiger partial charge in [-0.1, -0.05) is 56.2 Å². The average Bonchev–Trinajstić information content (AvgIpc) is 2.43. The maximum absolute atomic E-state index is 13.0. The van der Waals surface area contributed by atoms with E-state index in [9.17, 15) is 40.7 Å². The van der Waals surface area contributed by atoms with E-state index in [1.807, 2.05) is 12.1 Å². The smallest absolute Gasteiger partial charge is 0.697 e. The maximum atomic E-state index is 13.0. The van der Waals surface area contributed by atoms with Gasteiger partial charge in [-0.2, -0.15) is 26.3 Å². The summed E-state index contributed by atoms with van der Waals surface area (Å²) < 4.78 is 93.1. The number of halogens is 6. The van der Waals surface area contributed by atoms with Gasteiger partial charge in [0, 0.05) is 46.4 Å². The Labute approximate surface area is 522 Å². The second kappa shape index (κ2) is 31.9. The molecule has 89 heavy (non-hydrogen) atoms. The van der Waals surface area contributed by atoms with Crippen LogP contribution in [0.4, 0.5) is 26.3 Å². The Morgan fingerprint density at radius 2 is 1.08 bits per heavy atom. The first-order valence-corrected chi connectivity index (χ1v) is 27.4. The maximum Gasteiger partial charge on any atom is 2.00 e. The van der Waals surface area contributed by atoms with Crippen LogP contribution >= 0.6 is 11.3 Å². The monoisotopic (exact) mass is 1320 g/mol. The van der Waals surface area contributed by atoms with Gasteiger partial charge in [-0.05, 0) is 169 Å². The molecule has 0 amide bonds. The number of aryl methyl sites for hydroxylation is 1. The molecule has 0 saturated carbocycles. The number of rotatable bonds is 24. The SMILES string of the molecule is CCCCCCc1ccc(/C=C/c2cc(/C([NH-])=C/C(=N)C(F)(F)F)nc(-c3cc(C(F)(F)F)n[n-]3)c2)s1.O=CO/C(=C/c1ccnc(-c2cc(/C=C(/OC=O)c3ccccn3)cc(-c3cc(/C=C(/OC=O)c4ccccn4)ccn3)n2)c1)c1ccccn1.[Ru+2]. The summed E-state index contributed by atoms with van der Waals surface area (Å²) in [6.45, 7) is 3.16. The summed E-state index contributed by atoms with van der Waals surface area (Å²) in [6.07, 6.45) is 12.5. The Morgan fingerprint density at radius 1 is 0.562 bits per heavy atom. The number of pyridine rings is 7. The van der Waals surface area contributed by atoms with E-state index in [0.29, 0.717) is 93.7 Å². The molecule has 9 aromatic rings. The standard InChI is InChI=1S/C39H26N6O6.C25H23F6N5S.Ru/c46-24-49-37(30-7-1-4-12-40-30)21-27-10-15-43-33(17-27)35-19-29(23-39(51-26-48)32-9-3-6-14-42-32)20-36(45-35)34-18-28(11-16-44-34)22-38(50-25-47)31-8-2-5-13-41-31;1-2-3-4-5-6-16-9-10-17(37-16)8-7-15-11-19(18(32)13-22(33)24(26,27)28)34-20(12-15)21-14-23(36-35-21)25(29,30)31;/h1-26H;7-14,32-33H,2-6H2,1H3;/q;-2;+2/b37-21+,38-22+,39-23+;8-7+,18-13-,33-22?;. The number of nitrogens with zero attached hydrogens (tertiary/aromatic N) is 9. The summed E-state index contributed by atoms with van der Waals surface area (Å²) in [7, 11) is 0. The zero-order chi connectivity index (χ0) is 62.5. The number of hydrogen-bond donors (Lipinski definition) is 1. The number of allylic oxidation sites excluding steroid dienone is 1. The van der Waals surface area contributed by atoms with Gasteiger partial charge in [-0.15, -0.1) is 17.0 Å². The van der Waals surface area contributed by atoms with Gasteiger partial charge in [0.05, 0.1) is 28.5 Å². The number of nitrogens with one attached hydrogen (secondary N) is 2. The molecule has 9 aromatic heterocycles. The second-order valence-corrected chi connectivity index (χ2v) is 19.8. The third kappa shape index (κ3) is 19.4. The van der Waals surface area contributed by atoms with E-state index in [0.717, 1.165) is 30.6 Å². The van der Waals surface area contributed by atoms with Gasteiger partial charge in [0.25, 0.3) is 19.4 Å². The minimum atomic E-state index is -4.96. The quantitative estimate of drug-likeness (QED) is 0.0112. The number of carbonyl (C=O) groups is 3. The van der Waals surface area contributed by atoms with Gasteiger partial charge >= 0.3 is 31.8 Å². The molecule has 0 saturated heterocycles. The molecule has 0 spiro atoms. The van der Waals surface area contributed by atoms with Crippen molar-refractivity contribution in [3.8, 4) is 34.2 Å². The number of ether oxygens (including phenoxy) is 3. The molecule has 452 valence electrons. The normalized spacial score (nSPS) is 12.1. The van der Waals surface area contributed by atoms with Crippen molar-refractivity contribution in [2.75, 3.05) is 0 Å². The first-order valence-electron chi connectivity index (χ1n) is 26.6. The molecule has 0 bridgehead atoms. The fourth-order valence-corrected chi connectivity index (χ4v) is 9.15. The second-order valence-electron chi connectivity index (χ2n) is 18.6. The van der Waals surface area contributed by atoms with E-state index < -0.39 is 29.5 Å². The first kappa shape index (κ1) is 66.3. The molecular weight excluding hydrogens is 1270 g/mol. The van der Waals surface area contributed by atoms with Crippen molar-refractivity contribution >= 4 is 89.8 Å². The third-order valence-electron chi connectivity index (χ3n) is 12.3. The number of carbonyl (C=O) groups excluding carboxylic acids is 3. The topological polar surface area (TPSA) is 244 Å². The van der Waals surface area contributed by atoms with Crippen molar-refractivity contribution < 1.29 is 74.4 Å². The zero-order valence-corrected chi connectivity index (χ0v) is 49.2. The molecule has 9 rings (SSSR count).